The van der Waals surface area contributed by atoms with Crippen LogP contribution >= 0.6 is 0 Å². The number of carbonyl (C=O) groups excluding carboxylic acids is 1. The zero-order valence-corrected chi connectivity index (χ0v) is 14.4. The molecule has 6 nitrogen and oxygen atoms in total. The van der Waals surface area contributed by atoms with Gasteiger partial charge in [-0.2, -0.15) is 0 Å². The van der Waals surface area contributed by atoms with E-state index in [1.165, 1.54) is 0 Å². The van der Waals surface area contributed by atoms with Crippen LogP contribution < -0.4 is 10.5 Å². The van der Waals surface area contributed by atoms with E-state index in [2.05, 4.69) is 9.97 Å². The fourth-order valence-corrected chi connectivity index (χ4v) is 2.84. The Labute approximate surface area is 145 Å². The van der Waals surface area contributed by atoms with Gasteiger partial charge in [-0.25, -0.2) is 9.78 Å². The molecule has 0 saturated heterocycles. The number of nitrogens with two attached hydrogens (primary N) is 1. The van der Waals surface area contributed by atoms with E-state index < -0.39 is 5.97 Å². The normalized spacial score (nSPS) is 10.7. The first-order valence-electron chi connectivity index (χ1n) is 7.93. The van der Waals surface area contributed by atoms with Crippen molar-refractivity contribution in [3.8, 4) is 16.9 Å². The number of hydrogen-bond acceptors (Lipinski definition) is 6. The Hall–Kier alpha value is -3.15. The Kier molecular flexibility index (Phi) is 4.52. The number of methoxy groups -OCH3 is 1. The van der Waals surface area contributed by atoms with E-state index in [0.29, 0.717) is 16.6 Å². The maximum atomic E-state index is 12.3. The summed E-state index contributed by atoms with van der Waals surface area (Å²) in [6.45, 7) is 3.93. The summed E-state index contributed by atoms with van der Waals surface area (Å²) in [6, 6.07) is 9.23. The molecule has 3 aromatic rings. The van der Waals surface area contributed by atoms with Crippen molar-refractivity contribution in [2.75, 3.05) is 19.5 Å². The number of carbonyl (C=O) groups is 1. The highest BCUT2D eigenvalue weighted by molar-refractivity contribution is 6.06. The molecule has 0 atom stereocenters. The van der Waals surface area contributed by atoms with E-state index in [-0.39, 0.29) is 18.0 Å². The van der Waals surface area contributed by atoms with E-state index in [9.17, 15) is 4.79 Å². The van der Waals surface area contributed by atoms with Crippen molar-refractivity contribution in [3.05, 3.63) is 47.8 Å². The molecular formula is C19H19N3O3. The summed E-state index contributed by atoms with van der Waals surface area (Å²) in [5.41, 5.74) is 10.3. The van der Waals surface area contributed by atoms with Gasteiger partial charge in [0.25, 0.3) is 0 Å². The van der Waals surface area contributed by atoms with Crippen LogP contribution in [0.5, 0.6) is 5.75 Å². The minimum Gasteiger partial charge on any atom is -0.496 e. The second-order valence-electron chi connectivity index (χ2n) is 5.47. The van der Waals surface area contributed by atoms with Crippen LogP contribution in [0.2, 0.25) is 0 Å². The molecule has 128 valence electrons. The highest BCUT2D eigenvalue weighted by Crippen LogP contribution is 2.38. The second-order valence-corrected chi connectivity index (χ2v) is 5.47. The van der Waals surface area contributed by atoms with Crippen molar-refractivity contribution in [1.29, 1.82) is 0 Å². The smallest absolute Gasteiger partial charge is 0.359 e. The van der Waals surface area contributed by atoms with E-state index in [0.717, 1.165) is 16.9 Å². The van der Waals surface area contributed by atoms with Crippen LogP contribution in [-0.4, -0.2) is 29.7 Å². The molecule has 0 radical (unpaired) electrons. The Morgan fingerprint density at radius 1 is 1.24 bits per heavy atom. The number of fused-ring (bicyclic) bond motifs is 1. The lowest BCUT2D eigenvalue weighted by Gasteiger charge is -2.16. The Morgan fingerprint density at radius 2 is 2.04 bits per heavy atom. The molecule has 0 bridgehead atoms. The van der Waals surface area contributed by atoms with Crippen LogP contribution in [0.4, 0.5) is 5.69 Å². The zero-order valence-electron chi connectivity index (χ0n) is 14.4. The van der Waals surface area contributed by atoms with Crippen LogP contribution in [0.3, 0.4) is 0 Å². The number of ether oxygens (including phenoxy) is 2. The number of pyridine rings is 2. The first-order chi connectivity index (χ1) is 12.1. The zero-order chi connectivity index (χ0) is 18.0. The number of anilines is 1. The van der Waals surface area contributed by atoms with E-state index in [4.69, 9.17) is 15.2 Å². The van der Waals surface area contributed by atoms with Crippen molar-refractivity contribution in [2.24, 2.45) is 0 Å². The third kappa shape index (κ3) is 2.87. The summed E-state index contributed by atoms with van der Waals surface area (Å²) in [6.07, 6.45) is 1.67. The lowest BCUT2D eigenvalue weighted by atomic mass is 9.96. The number of nitrogen functional groups attached to an aromatic ring is 1. The Bertz CT molecular complexity index is 954. The fourth-order valence-electron chi connectivity index (χ4n) is 2.84. The van der Waals surface area contributed by atoms with Gasteiger partial charge in [-0.3, -0.25) is 4.98 Å². The van der Waals surface area contributed by atoms with Crippen LogP contribution in [0.25, 0.3) is 22.2 Å². The molecular weight excluding hydrogens is 318 g/mol. The lowest BCUT2D eigenvalue weighted by Crippen LogP contribution is -2.12. The van der Waals surface area contributed by atoms with Crippen LogP contribution in [0.15, 0.2) is 36.5 Å². The molecule has 0 aliphatic carbocycles. The molecule has 25 heavy (non-hydrogen) atoms. The maximum Gasteiger partial charge on any atom is 0.359 e. The number of hydrogen-bond donors (Lipinski definition) is 1. The average molecular weight is 337 g/mol. The van der Waals surface area contributed by atoms with Gasteiger partial charge in [-0.1, -0.05) is 12.1 Å². The van der Waals surface area contributed by atoms with Crippen LogP contribution in [0, 0.1) is 6.92 Å². The SMILES string of the molecule is CCOC(=O)c1nc2cccnc2c(-c2cccc(OC)c2C)c1N. The molecule has 0 spiro atoms. The van der Waals surface area contributed by atoms with E-state index in [1.807, 2.05) is 25.1 Å². The Balaban J connectivity index is 2.37. The lowest BCUT2D eigenvalue weighted by molar-refractivity contribution is 0.0521. The highest BCUT2D eigenvalue weighted by Gasteiger charge is 2.22. The van der Waals surface area contributed by atoms with Gasteiger partial charge < -0.3 is 15.2 Å². The first kappa shape index (κ1) is 16.7. The summed E-state index contributed by atoms with van der Waals surface area (Å²) in [7, 11) is 1.61. The number of esters is 1. The molecule has 1 aromatic carbocycles. The molecule has 6 heteroatoms. The van der Waals surface area contributed by atoms with E-state index in [1.54, 1.807) is 32.4 Å². The molecule has 2 aromatic heterocycles. The molecule has 0 amide bonds. The summed E-state index contributed by atoms with van der Waals surface area (Å²) in [5, 5.41) is 0. The largest absolute Gasteiger partial charge is 0.496 e. The van der Waals surface area contributed by atoms with Crippen molar-refractivity contribution >= 4 is 22.7 Å². The van der Waals surface area contributed by atoms with Crippen molar-refractivity contribution in [2.45, 2.75) is 13.8 Å². The quantitative estimate of drug-likeness (QED) is 0.734. The molecule has 0 fully saturated rings. The maximum absolute atomic E-state index is 12.3. The van der Waals surface area contributed by atoms with Crippen LogP contribution in [-0.2, 0) is 4.74 Å². The molecule has 2 N–H and O–H groups in total. The first-order valence-corrected chi connectivity index (χ1v) is 7.93. The average Bonchev–Trinajstić information content (AvgIpc) is 2.62. The summed E-state index contributed by atoms with van der Waals surface area (Å²) in [5.74, 6) is 0.183. The number of aromatic nitrogens is 2. The summed E-state index contributed by atoms with van der Waals surface area (Å²) in [4.78, 5) is 21.1. The van der Waals surface area contributed by atoms with Gasteiger partial charge in [0.2, 0.25) is 0 Å². The van der Waals surface area contributed by atoms with Gasteiger partial charge in [0.15, 0.2) is 5.69 Å². The number of nitrogens with zero attached hydrogens (tertiary/aromatic N) is 2. The Morgan fingerprint density at radius 3 is 2.76 bits per heavy atom. The molecule has 2 heterocycles. The third-order valence-electron chi connectivity index (χ3n) is 4.02. The third-order valence-corrected chi connectivity index (χ3v) is 4.02. The van der Waals surface area contributed by atoms with Crippen LogP contribution in [0.1, 0.15) is 23.0 Å². The molecule has 0 saturated carbocycles. The predicted molar refractivity (Wildman–Crippen MR) is 96.6 cm³/mol. The van der Waals surface area contributed by atoms with Gasteiger partial charge in [0.1, 0.15) is 5.75 Å². The van der Waals surface area contributed by atoms with Gasteiger partial charge in [0, 0.05) is 11.8 Å². The van der Waals surface area contributed by atoms with Crippen molar-refractivity contribution in [1.82, 2.24) is 9.97 Å². The molecule has 0 aliphatic heterocycles. The van der Waals surface area contributed by atoms with Crippen molar-refractivity contribution in [3.63, 3.8) is 0 Å². The summed E-state index contributed by atoms with van der Waals surface area (Å²) < 4.78 is 10.5. The summed E-state index contributed by atoms with van der Waals surface area (Å²) >= 11 is 0. The van der Waals surface area contributed by atoms with Gasteiger partial charge in [-0.05, 0) is 43.2 Å². The minimum absolute atomic E-state index is 0.0968. The standard InChI is InChI=1S/C19H19N3O3/c1-4-25-19(23)18-16(20)15(17-13(22-18)8-6-10-21-17)12-7-5-9-14(24-3)11(12)2/h5-10H,4,20H2,1-3H3. The highest BCUT2D eigenvalue weighted by atomic mass is 16.5. The number of benzene rings is 1. The fraction of sp³-hybridized carbons (Fsp3) is 0.211. The van der Waals surface area contributed by atoms with Crippen molar-refractivity contribution < 1.29 is 14.3 Å². The van der Waals surface area contributed by atoms with E-state index >= 15 is 0 Å². The monoisotopic (exact) mass is 337 g/mol. The van der Waals surface area contributed by atoms with Gasteiger partial charge >= 0.3 is 5.97 Å². The molecule has 0 unspecified atom stereocenters. The minimum atomic E-state index is -0.549. The second kappa shape index (κ2) is 6.76. The molecule has 0 aliphatic rings. The predicted octanol–water partition coefficient (Wildman–Crippen LogP) is 3.37. The van der Waals surface area contributed by atoms with Gasteiger partial charge in [0.05, 0.1) is 30.4 Å². The topological polar surface area (TPSA) is 87.3 Å². The molecule has 3 rings (SSSR count). The van der Waals surface area contributed by atoms with Gasteiger partial charge in [-0.15, -0.1) is 0 Å². The number of rotatable bonds is 4.